The highest BCUT2D eigenvalue weighted by Gasteiger charge is 2.31. The number of hydrogen-bond acceptors (Lipinski definition) is 2. The first-order chi connectivity index (χ1) is 10.2. The molecule has 1 aromatic rings. The first kappa shape index (κ1) is 16.1. The van der Waals surface area contributed by atoms with Crippen molar-refractivity contribution in [1.29, 1.82) is 0 Å². The van der Waals surface area contributed by atoms with Crippen LogP contribution in [0, 0.1) is 0 Å². The molecule has 116 valence electrons. The minimum Gasteiger partial charge on any atom is -0.508 e. The largest absolute Gasteiger partial charge is 0.508 e. The summed E-state index contributed by atoms with van der Waals surface area (Å²) in [6.07, 6.45) is 9.22. The molecule has 0 aromatic heterocycles. The second kappa shape index (κ2) is 7.65. The van der Waals surface area contributed by atoms with Gasteiger partial charge in [0.25, 0.3) is 0 Å². The van der Waals surface area contributed by atoms with Gasteiger partial charge in [0.1, 0.15) is 11.9 Å². The molecule has 0 amide bonds. The third-order valence-corrected chi connectivity index (χ3v) is 4.40. The topological polar surface area (TPSA) is 32.8 Å². The van der Waals surface area contributed by atoms with Gasteiger partial charge >= 0.3 is 0 Å². The average Bonchev–Trinajstić information content (AvgIpc) is 3.28. The number of unbranched alkanes of at least 4 members (excludes halogenated alkanes) is 3. The lowest BCUT2D eigenvalue weighted by Crippen LogP contribution is -2.04. The maximum absolute atomic E-state index is 10.2. The molecule has 1 fully saturated rings. The van der Waals surface area contributed by atoms with Gasteiger partial charge in [0, 0.05) is 5.56 Å². The standard InChI is InChI=1S/C19H28O2/c1-4-6-7-8-10-14(3)15-11-12-17(20)19(18-13-21-18)16(15)9-5-2/h5,11-12,14,18,20H,2,4,6-10,13H2,1,3H3. The maximum atomic E-state index is 10.2. The highest BCUT2D eigenvalue weighted by Crippen LogP contribution is 2.42. The van der Waals surface area contributed by atoms with Crippen LogP contribution < -0.4 is 0 Å². The Morgan fingerprint density at radius 3 is 2.76 bits per heavy atom. The SMILES string of the molecule is C=CCc1c(C(C)CCCCCC)ccc(O)c1C1CO1. The van der Waals surface area contributed by atoms with Crippen LogP contribution in [0.3, 0.4) is 0 Å². The van der Waals surface area contributed by atoms with E-state index >= 15 is 0 Å². The van der Waals surface area contributed by atoms with Crippen LogP contribution >= 0.6 is 0 Å². The zero-order valence-corrected chi connectivity index (χ0v) is 13.4. The summed E-state index contributed by atoms with van der Waals surface area (Å²) in [5.41, 5.74) is 3.58. The number of phenols is 1. The molecule has 0 radical (unpaired) electrons. The van der Waals surface area contributed by atoms with Gasteiger partial charge in [-0.3, -0.25) is 0 Å². The summed E-state index contributed by atoms with van der Waals surface area (Å²) >= 11 is 0. The van der Waals surface area contributed by atoms with Crippen LogP contribution in [0.15, 0.2) is 24.8 Å². The number of hydrogen-bond donors (Lipinski definition) is 1. The number of aromatic hydroxyl groups is 1. The molecule has 1 N–H and O–H groups in total. The van der Waals surface area contributed by atoms with E-state index in [1.165, 1.54) is 43.2 Å². The fourth-order valence-corrected chi connectivity index (χ4v) is 3.11. The lowest BCUT2D eigenvalue weighted by atomic mass is 9.86. The summed E-state index contributed by atoms with van der Waals surface area (Å²) in [6.45, 7) is 9.14. The molecule has 2 nitrogen and oxygen atoms in total. The average molecular weight is 288 g/mol. The minimum absolute atomic E-state index is 0.0900. The summed E-state index contributed by atoms with van der Waals surface area (Å²) in [4.78, 5) is 0. The van der Waals surface area contributed by atoms with Crippen molar-refractivity contribution in [2.24, 2.45) is 0 Å². The van der Waals surface area contributed by atoms with E-state index in [1.54, 1.807) is 0 Å². The highest BCUT2D eigenvalue weighted by atomic mass is 16.6. The van der Waals surface area contributed by atoms with Crippen molar-refractivity contribution < 1.29 is 9.84 Å². The van der Waals surface area contributed by atoms with Gasteiger partial charge in [-0.2, -0.15) is 0 Å². The minimum atomic E-state index is 0.0900. The van der Waals surface area contributed by atoms with Gasteiger partial charge in [-0.05, 0) is 36.0 Å². The van der Waals surface area contributed by atoms with Crippen molar-refractivity contribution in [3.05, 3.63) is 41.5 Å². The Bertz CT molecular complexity index is 475. The maximum Gasteiger partial charge on any atom is 0.121 e. The van der Waals surface area contributed by atoms with E-state index in [2.05, 4.69) is 26.5 Å². The van der Waals surface area contributed by atoms with E-state index < -0.39 is 0 Å². The highest BCUT2D eigenvalue weighted by molar-refractivity contribution is 5.49. The predicted octanol–water partition coefficient (Wildman–Crippen LogP) is 5.27. The Morgan fingerprint density at radius 1 is 1.38 bits per heavy atom. The lowest BCUT2D eigenvalue weighted by molar-refractivity contribution is 0.398. The van der Waals surface area contributed by atoms with Crippen LogP contribution in [0.2, 0.25) is 0 Å². The second-order valence-electron chi connectivity index (χ2n) is 6.13. The Hall–Kier alpha value is -1.28. The smallest absolute Gasteiger partial charge is 0.121 e. The molecule has 0 bridgehead atoms. The summed E-state index contributed by atoms with van der Waals surface area (Å²) < 4.78 is 5.42. The zero-order valence-electron chi connectivity index (χ0n) is 13.4. The van der Waals surface area contributed by atoms with Gasteiger partial charge in [0.15, 0.2) is 0 Å². The number of phenolic OH excluding ortho intramolecular Hbond substituents is 1. The fraction of sp³-hybridized carbons (Fsp3) is 0.579. The van der Waals surface area contributed by atoms with Crippen LogP contribution in [0.1, 0.15) is 74.7 Å². The molecule has 1 aliphatic heterocycles. The van der Waals surface area contributed by atoms with Crippen molar-refractivity contribution in [2.75, 3.05) is 6.61 Å². The van der Waals surface area contributed by atoms with Crippen molar-refractivity contribution >= 4 is 0 Å². The number of allylic oxidation sites excluding steroid dienone is 1. The van der Waals surface area contributed by atoms with E-state index in [9.17, 15) is 5.11 Å². The Labute approximate surface area is 128 Å². The quantitative estimate of drug-likeness (QED) is 0.381. The summed E-state index contributed by atoms with van der Waals surface area (Å²) in [5, 5.41) is 10.2. The molecule has 2 atom stereocenters. The van der Waals surface area contributed by atoms with Crippen LogP contribution in [0.5, 0.6) is 5.75 Å². The number of benzene rings is 1. The zero-order chi connectivity index (χ0) is 15.2. The van der Waals surface area contributed by atoms with Gasteiger partial charge in [-0.15, -0.1) is 6.58 Å². The summed E-state index contributed by atoms with van der Waals surface area (Å²) in [6, 6.07) is 3.92. The van der Waals surface area contributed by atoms with Crippen LogP contribution in [-0.4, -0.2) is 11.7 Å². The first-order valence-electron chi connectivity index (χ1n) is 8.26. The molecule has 21 heavy (non-hydrogen) atoms. The molecule has 1 heterocycles. The second-order valence-corrected chi connectivity index (χ2v) is 6.13. The summed E-state index contributed by atoms with van der Waals surface area (Å²) in [5.74, 6) is 0.895. The van der Waals surface area contributed by atoms with Crippen LogP contribution in [0.4, 0.5) is 0 Å². The van der Waals surface area contributed by atoms with Crippen molar-refractivity contribution in [3.63, 3.8) is 0 Å². The van der Waals surface area contributed by atoms with Gasteiger partial charge in [0.05, 0.1) is 6.61 Å². The third-order valence-electron chi connectivity index (χ3n) is 4.40. The molecule has 0 saturated carbocycles. The Morgan fingerprint density at radius 2 is 2.14 bits per heavy atom. The van der Waals surface area contributed by atoms with Crippen LogP contribution in [0.25, 0.3) is 0 Å². The predicted molar refractivity (Wildman–Crippen MR) is 87.9 cm³/mol. The van der Waals surface area contributed by atoms with E-state index in [-0.39, 0.29) is 6.10 Å². The van der Waals surface area contributed by atoms with Crippen LogP contribution in [-0.2, 0) is 11.2 Å². The lowest BCUT2D eigenvalue weighted by Gasteiger charge is -2.19. The Kier molecular flexibility index (Phi) is 5.86. The molecule has 0 spiro atoms. The van der Waals surface area contributed by atoms with Crippen molar-refractivity contribution in [3.8, 4) is 5.75 Å². The number of rotatable bonds is 9. The van der Waals surface area contributed by atoms with E-state index in [0.717, 1.165) is 18.6 Å². The summed E-state index contributed by atoms with van der Waals surface area (Å²) in [7, 11) is 0. The van der Waals surface area contributed by atoms with Crippen molar-refractivity contribution in [2.45, 2.75) is 64.4 Å². The molecular formula is C19H28O2. The molecule has 2 rings (SSSR count). The fourth-order valence-electron chi connectivity index (χ4n) is 3.11. The van der Waals surface area contributed by atoms with Gasteiger partial charge in [-0.1, -0.05) is 51.7 Å². The van der Waals surface area contributed by atoms with E-state index in [1.807, 2.05) is 12.1 Å². The Balaban J connectivity index is 2.17. The normalized spacial score (nSPS) is 18.5. The molecule has 2 unspecified atom stereocenters. The molecule has 1 saturated heterocycles. The van der Waals surface area contributed by atoms with Crippen molar-refractivity contribution in [1.82, 2.24) is 0 Å². The third kappa shape index (κ3) is 4.10. The molecule has 1 aliphatic rings. The van der Waals surface area contributed by atoms with Gasteiger partial charge in [-0.25, -0.2) is 0 Å². The first-order valence-corrected chi connectivity index (χ1v) is 8.26. The molecule has 0 aliphatic carbocycles. The van der Waals surface area contributed by atoms with E-state index in [0.29, 0.717) is 11.7 Å². The number of epoxide rings is 1. The van der Waals surface area contributed by atoms with Gasteiger partial charge in [0.2, 0.25) is 0 Å². The molecule has 1 aromatic carbocycles. The monoisotopic (exact) mass is 288 g/mol. The molecule has 2 heteroatoms. The van der Waals surface area contributed by atoms with E-state index in [4.69, 9.17) is 4.74 Å². The van der Waals surface area contributed by atoms with Gasteiger partial charge < -0.3 is 9.84 Å². The molecular weight excluding hydrogens is 260 g/mol. The number of ether oxygens (including phenoxy) is 1.